The second-order valence-electron chi connectivity index (χ2n) is 6.16. The number of carbonyl (C=O) groups is 1. The van der Waals surface area contributed by atoms with Crippen LogP contribution in [0.25, 0.3) is 10.9 Å². The first-order chi connectivity index (χ1) is 11.1. The Morgan fingerprint density at radius 3 is 3.13 bits per heavy atom. The molecule has 6 nitrogen and oxygen atoms in total. The average Bonchev–Trinajstić information content (AvgIpc) is 3.15. The highest BCUT2D eigenvalue weighted by Gasteiger charge is 2.47. The van der Waals surface area contributed by atoms with Gasteiger partial charge >= 0.3 is 0 Å². The minimum absolute atomic E-state index is 0.0171. The molecule has 2 atom stereocenters. The molecule has 1 spiro atoms. The monoisotopic (exact) mass is 335 g/mol. The first kappa shape index (κ1) is 14.9. The summed E-state index contributed by atoms with van der Waals surface area (Å²) in [6.07, 6.45) is 2.48. The zero-order valence-electron chi connectivity index (χ0n) is 12.8. The Morgan fingerprint density at radius 2 is 2.35 bits per heavy atom. The largest absolute Gasteiger partial charge is 0.375 e. The molecule has 0 saturated carbocycles. The van der Waals surface area contributed by atoms with Crippen LogP contribution in [0.2, 0.25) is 5.02 Å². The number of amides is 1. The SMILES string of the molecule is CC1OCCC12CN(C(=O)c1c(Cl)ccc3cn[nH]c13)CCO2. The standard InChI is InChI=1S/C16H18ClN3O3/c1-10-16(4-6-22-10)9-20(5-7-23-16)15(21)13-12(17)3-2-11-8-18-19-14(11)13/h2-3,8,10H,4-7,9H2,1H3,(H,18,19). The van der Waals surface area contributed by atoms with Gasteiger partial charge in [-0.15, -0.1) is 0 Å². The summed E-state index contributed by atoms with van der Waals surface area (Å²) in [6.45, 7) is 4.25. The molecular formula is C16H18ClN3O3. The summed E-state index contributed by atoms with van der Waals surface area (Å²) in [5.74, 6) is -0.0911. The second kappa shape index (κ2) is 5.47. The molecule has 2 unspecified atom stereocenters. The van der Waals surface area contributed by atoms with Gasteiger partial charge in [-0.1, -0.05) is 11.6 Å². The fourth-order valence-corrected chi connectivity index (χ4v) is 3.73. The number of aromatic amines is 1. The van der Waals surface area contributed by atoms with Crippen molar-refractivity contribution in [3.05, 3.63) is 28.9 Å². The number of H-pyrrole nitrogens is 1. The maximum absolute atomic E-state index is 13.1. The molecule has 23 heavy (non-hydrogen) atoms. The van der Waals surface area contributed by atoms with Gasteiger partial charge in [0.25, 0.3) is 5.91 Å². The Hall–Kier alpha value is -1.63. The summed E-state index contributed by atoms with van der Waals surface area (Å²) < 4.78 is 11.6. The number of hydrogen-bond donors (Lipinski definition) is 1. The Morgan fingerprint density at radius 1 is 1.48 bits per heavy atom. The number of ether oxygens (including phenoxy) is 2. The van der Waals surface area contributed by atoms with Crippen LogP contribution < -0.4 is 0 Å². The lowest BCUT2D eigenvalue weighted by atomic mass is 9.93. The molecule has 1 amide bonds. The van der Waals surface area contributed by atoms with Crippen molar-refractivity contribution in [2.45, 2.75) is 25.0 Å². The second-order valence-corrected chi connectivity index (χ2v) is 6.57. The normalized spacial score (nSPS) is 27.9. The zero-order valence-corrected chi connectivity index (χ0v) is 13.6. The fourth-order valence-electron chi connectivity index (χ4n) is 3.50. The number of nitrogens with zero attached hydrogens (tertiary/aromatic N) is 2. The lowest BCUT2D eigenvalue weighted by Crippen LogP contribution is -2.56. The van der Waals surface area contributed by atoms with Gasteiger partial charge in [0.15, 0.2) is 0 Å². The van der Waals surface area contributed by atoms with Crippen LogP contribution in [0.4, 0.5) is 0 Å². The van der Waals surface area contributed by atoms with E-state index in [-0.39, 0.29) is 12.0 Å². The molecule has 4 rings (SSSR count). The van der Waals surface area contributed by atoms with Gasteiger partial charge in [-0.05, 0) is 19.1 Å². The molecule has 1 aromatic carbocycles. The predicted octanol–water partition coefficient (Wildman–Crippen LogP) is 2.24. The molecule has 2 aliphatic heterocycles. The van der Waals surface area contributed by atoms with Crippen LogP contribution in [-0.4, -0.2) is 59.0 Å². The maximum atomic E-state index is 13.1. The first-order valence-electron chi connectivity index (χ1n) is 7.77. The van der Waals surface area contributed by atoms with Crippen LogP contribution >= 0.6 is 11.6 Å². The van der Waals surface area contributed by atoms with Crippen molar-refractivity contribution in [1.29, 1.82) is 0 Å². The van der Waals surface area contributed by atoms with Crippen LogP contribution in [0.3, 0.4) is 0 Å². The summed E-state index contributed by atoms with van der Waals surface area (Å²) in [4.78, 5) is 14.9. The van der Waals surface area contributed by atoms with E-state index in [2.05, 4.69) is 10.2 Å². The molecule has 2 saturated heterocycles. The third-order valence-electron chi connectivity index (χ3n) is 4.91. The van der Waals surface area contributed by atoms with Gasteiger partial charge in [-0.2, -0.15) is 5.10 Å². The van der Waals surface area contributed by atoms with Gasteiger partial charge in [0.2, 0.25) is 0 Å². The number of halogens is 1. The maximum Gasteiger partial charge on any atom is 0.257 e. The third kappa shape index (κ3) is 2.33. The first-order valence-corrected chi connectivity index (χ1v) is 8.15. The number of morpholine rings is 1. The molecule has 2 aliphatic rings. The minimum Gasteiger partial charge on any atom is -0.375 e. The molecule has 2 fully saturated rings. The van der Waals surface area contributed by atoms with Crippen LogP contribution in [-0.2, 0) is 9.47 Å². The molecule has 1 aromatic heterocycles. The number of fused-ring (bicyclic) bond motifs is 1. The van der Waals surface area contributed by atoms with Crippen molar-refractivity contribution in [3.8, 4) is 0 Å². The summed E-state index contributed by atoms with van der Waals surface area (Å²) in [5.41, 5.74) is 0.756. The Balaban J connectivity index is 1.68. The van der Waals surface area contributed by atoms with Crippen LogP contribution in [0.1, 0.15) is 23.7 Å². The smallest absolute Gasteiger partial charge is 0.257 e. The highest BCUT2D eigenvalue weighted by atomic mass is 35.5. The van der Waals surface area contributed by atoms with E-state index < -0.39 is 5.60 Å². The highest BCUT2D eigenvalue weighted by molar-refractivity contribution is 6.35. The van der Waals surface area contributed by atoms with E-state index in [4.69, 9.17) is 21.1 Å². The number of carbonyl (C=O) groups excluding carboxylic acids is 1. The van der Waals surface area contributed by atoms with Crippen LogP contribution in [0.15, 0.2) is 18.3 Å². The average molecular weight is 336 g/mol. The highest BCUT2D eigenvalue weighted by Crippen LogP contribution is 2.34. The van der Waals surface area contributed by atoms with Crippen molar-refractivity contribution in [1.82, 2.24) is 15.1 Å². The molecule has 3 heterocycles. The van der Waals surface area contributed by atoms with Gasteiger partial charge in [0.1, 0.15) is 5.60 Å². The molecule has 0 aliphatic carbocycles. The van der Waals surface area contributed by atoms with Gasteiger partial charge in [0, 0.05) is 25.0 Å². The van der Waals surface area contributed by atoms with E-state index >= 15 is 0 Å². The topological polar surface area (TPSA) is 67.5 Å². The number of rotatable bonds is 1. The van der Waals surface area contributed by atoms with E-state index in [1.54, 1.807) is 12.3 Å². The number of nitrogens with one attached hydrogen (secondary N) is 1. The predicted molar refractivity (Wildman–Crippen MR) is 85.7 cm³/mol. The van der Waals surface area contributed by atoms with Gasteiger partial charge in [-0.3, -0.25) is 9.89 Å². The zero-order chi connectivity index (χ0) is 16.0. The lowest BCUT2D eigenvalue weighted by Gasteiger charge is -2.42. The van der Waals surface area contributed by atoms with Crippen molar-refractivity contribution in [2.75, 3.05) is 26.3 Å². The lowest BCUT2D eigenvalue weighted by molar-refractivity contribution is -0.126. The van der Waals surface area contributed by atoms with E-state index in [1.165, 1.54) is 0 Å². The van der Waals surface area contributed by atoms with Gasteiger partial charge in [0.05, 0.1) is 41.6 Å². The Labute approximate surface area is 138 Å². The molecular weight excluding hydrogens is 318 g/mol. The van der Waals surface area contributed by atoms with Crippen molar-refractivity contribution in [2.24, 2.45) is 0 Å². The molecule has 0 radical (unpaired) electrons. The van der Waals surface area contributed by atoms with Crippen molar-refractivity contribution >= 4 is 28.4 Å². The molecule has 122 valence electrons. The van der Waals surface area contributed by atoms with Crippen molar-refractivity contribution in [3.63, 3.8) is 0 Å². The summed E-state index contributed by atoms with van der Waals surface area (Å²) in [5, 5.41) is 8.20. The number of hydrogen-bond acceptors (Lipinski definition) is 4. The third-order valence-corrected chi connectivity index (χ3v) is 5.23. The Kier molecular flexibility index (Phi) is 3.55. The van der Waals surface area contributed by atoms with E-state index in [0.29, 0.717) is 42.4 Å². The number of benzene rings is 1. The van der Waals surface area contributed by atoms with Crippen LogP contribution in [0.5, 0.6) is 0 Å². The van der Waals surface area contributed by atoms with Gasteiger partial charge in [-0.25, -0.2) is 0 Å². The van der Waals surface area contributed by atoms with Gasteiger partial charge < -0.3 is 14.4 Å². The number of aromatic nitrogens is 2. The van der Waals surface area contributed by atoms with E-state index in [0.717, 1.165) is 11.8 Å². The summed E-state index contributed by atoms with van der Waals surface area (Å²) in [6, 6.07) is 3.59. The summed E-state index contributed by atoms with van der Waals surface area (Å²) >= 11 is 6.30. The molecule has 2 aromatic rings. The summed E-state index contributed by atoms with van der Waals surface area (Å²) in [7, 11) is 0. The van der Waals surface area contributed by atoms with E-state index in [1.807, 2.05) is 17.9 Å². The minimum atomic E-state index is -0.401. The Bertz CT molecular complexity index is 762. The molecule has 1 N–H and O–H groups in total. The quantitative estimate of drug-likeness (QED) is 0.868. The molecule has 7 heteroatoms. The van der Waals surface area contributed by atoms with Crippen molar-refractivity contribution < 1.29 is 14.3 Å². The van der Waals surface area contributed by atoms with E-state index in [9.17, 15) is 4.79 Å². The fraction of sp³-hybridized carbons (Fsp3) is 0.500. The molecule has 0 bridgehead atoms. The van der Waals surface area contributed by atoms with Crippen LogP contribution in [0, 0.1) is 0 Å².